The molecule has 2 heterocycles. The van der Waals surface area contributed by atoms with Crippen LogP contribution >= 0.6 is 11.3 Å². The fraction of sp³-hybridized carbons (Fsp3) is 0.214. The number of hydrogen-bond donors (Lipinski definition) is 1. The molecule has 1 N–H and O–H groups in total. The lowest BCUT2D eigenvalue weighted by molar-refractivity contribution is 0.0697. The van der Waals surface area contributed by atoms with E-state index >= 15 is 0 Å². The van der Waals surface area contributed by atoms with Crippen molar-refractivity contribution < 1.29 is 9.90 Å². The average molecular weight is 287 g/mol. The predicted molar refractivity (Wildman–Crippen MR) is 77.3 cm³/mol. The molecule has 0 radical (unpaired) electrons. The van der Waals surface area contributed by atoms with Gasteiger partial charge in [-0.15, -0.1) is 16.4 Å². The Bertz CT molecular complexity index is 776. The quantitative estimate of drug-likeness (QED) is 0.801. The number of carboxylic acids is 1. The number of hydrogen-bond acceptors (Lipinski definition) is 4. The van der Waals surface area contributed by atoms with E-state index in [2.05, 4.69) is 29.4 Å². The minimum atomic E-state index is -0.941. The molecule has 0 saturated carbocycles. The van der Waals surface area contributed by atoms with E-state index in [1.807, 2.05) is 0 Å². The molecule has 0 bridgehead atoms. The molecule has 0 fully saturated rings. The zero-order chi connectivity index (χ0) is 14.1. The number of nitrogens with zero attached hydrogens (tertiary/aromatic N) is 3. The molecule has 1 aromatic carbocycles. The highest BCUT2D eigenvalue weighted by Crippen LogP contribution is 2.20. The molecule has 5 nitrogen and oxygen atoms in total. The number of benzene rings is 1. The minimum absolute atomic E-state index is 0.251. The number of rotatable bonds is 4. The van der Waals surface area contributed by atoms with Gasteiger partial charge in [0.2, 0.25) is 0 Å². The Hall–Kier alpha value is -2.21. The summed E-state index contributed by atoms with van der Waals surface area (Å²) in [5.74, 6) is -0.941. The fourth-order valence-corrected chi connectivity index (χ4v) is 3.00. The Morgan fingerprint density at radius 3 is 2.80 bits per heavy atom. The van der Waals surface area contributed by atoms with Gasteiger partial charge in [-0.1, -0.05) is 12.1 Å². The number of aryl methyl sites for hydroxylation is 1. The van der Waals surface area contributed by atoms with Gasteiger partial charge < -0.3 is 5.11 Å². The van der Waals surface area contributed by atoms with Crippen molar-refractivity contribution in [3.8, 4) is 0 Å². The van der Waals surface area contributed by atoms with Crippen LogP contribution in [-0.4, -0.2) is 26.1 Å². The Morgan fingerprint density at radius 1 is 1.30 bits per heavy atom. The van der Waals surface area contributed by atoms with E-state index < -0.39 is 5.97 Å². The summed E-state index contributed by atoms with van der Waals surface area (Å²) in [6, 6.07) is 9.05. The summed E-state index contributed by atoms with van der Waals surface area (Å²) in [7, 11) is 0. The van der Waals surface area contributed by atoms with Crippen molar-refractivity contribution in [1.82, 2.24) is 15.0 Å². The summed E-state index contributed by atoms with van der Waals surface area (Å²) in [4.78, 5) is 13.5. The van der Waals surface area contributed by atoms with Gasteiger partial charge in [-0.05, 0) is 36.8 Å². The maximum absolute atomic E-state index is 11.0. The van der Waals surface area contributed by atoms with Crippen molar-refractivity contribution in [3.63, 3.8) is 0 Å². The van der Waals surface area contributed by atoms with Gasteiger partial charge in [-0.2, -0.15) is 0 Å². The number of aromatic carboxylic acids is 1. The van der Waals surface area contributed by atoms with Crippen molar-refractivity contribution in [2.75, 3.05) is 0 Å². The Morgan fingerprint density at radius 2 is 2.10 bits per heavy atom. The highest BCUT2D eigenvalue weighted by atomic mass is 32.1. The van der Waals surface area contributed by atoms with E-state index in [9.17, 15) is 4.79 Å². The normalized spacial score (nSPS) is 11.1. The van der Waals surface area contributed by atoms with Gasteiger partial charge in [0.25, 0.3) is 0 Å². The third-order valence-electron chi connectivity index (χ3n) is 3.13. The van der Waals surface area contributed by atoms with Crippen molar-refractivity contribution in [3.05, 3.63) is 45.6 Å². The first-order valence-electron chi connectivity index (χ1n) is 6.31. The van der Waals surface area contributed by atoms with E-state index in [-0.39, 0.29) is 5.56 Å². The molecule has 0 unspecified atom stereocenters. The topological polar surface area (TPSA) is 68.0 Å². The number of carboxylic acid groups (broad SMARTS) is 1. The fourth-order valence-electron chi connectivity index (χ4n) is 2.06. The molecule has 102 valence electrons. The molecule has 20 heavy (non-hydrogen) atoms. The summed E-state index contributed by atoms with van der Waals surface area (Å²) in [6.45, 7) is 2.74. The second kappa shape index (κ2) is 5.05. The number of thiophene rings is 1. The summed E-state index contributed by atoms with van der Waals surface area (Å²) in [5.41, 5.74) is 1.71. The first-order chi connectivity index (χ1) is 9.67. The van der Waals surface area contributed by atoms with Crippen molar-refractivity contribution in [1.29, 1.82) is 0 Å². The predicted octanol–water partition coefficient (Wildman–Crippen LogP) is 2.80. The number of carbonyl (C=O) groups is 1. The molecule has 3 aromatic rings. The van der Waals surface area contributed by atoms with Crippen LogP contribution in [0.3, 0.4) is 0 Å². The summed E-state index contributed by atoms with van der Waals surface area (Å²) < 4.78 is 1.74. The van der Waals surface area contributed by atoms with Crippen LogP contribution in [-0.2, 0) is 13.0 Å². The molecule has 2 aromatic heterocycles. The summed E-state index contributed by atoms with van der Waals surface area (Å²) >= 11 is 1.75. The van der Waals surface area contributed by atoms with Gasteiger partial charge in [0, 0.05) is 9.75 Å². The molecule has 0 atom stereocenters. The molecule has 0 saturated heterocycles. The van der Waals surface area contributed by atoms with Crippen molar-refractivity contribution >= 4 is 28.3 Å². The van der Waals surface area contributed by atoms with E-state index in [0.717, 1.165) is 11.9 Å². The Kier molecular flexibility index (Phi) is 3.23. The monoisotopic (exact) mass is 287 g/mol. The maximum Gasteiger partial charge on any atom is 0.335 e. The van der Waals surface area contributed by atoms with E-state index in [1.54, 1.807) is 34.2 Å². The van der Waals surface area contributed by atoms with Crippen molar-refractivity contribution in [2.24, 2.45) is 0 Å². The molecular weight excluding hydrogens is 274 g/mol. The van der Waals surface area contributed by atoms with Crippen LogP contribution in [0.25, 0.3) is 11.0 Å². The molecule has 0 spiro atoms. The van der Waals surface area contributed by atoms with Crippen LogP contribution in [0.4, 0.5) is 0 Å². The lowest BCUT2D eigenvalue weighted by atomic mass is 10.2. The summed E-state index contributed by atoms with van der Waals surface area (Å²) in [6.07, 6.45) is 1.02. The van der Waals surface area contributed by atoms with Gasteiger partial charge in [0.15, 0.2) is 0 Å². The molecular formula is C14H13N3O2S. The van der Waals surface area contributed by atoms with Gasteiger partial charge >= 0.3 is 5.97 Å². The third kappa shape index (κ3) is 2.30. The molecule has 0 amide bonds. The van der Waals surface area contributed by atoms with Crippen LogP contribution in [0.1, 0.15) is 27.0 Å². The average Bonchev–Trinajstić information content (AvgIpc) is 3.06. The van der Waals surface area contributed by atoms with Crippen LogP contribution in [0.2, 0.25) is 0 Å². The molecule has 3 rings (SSSR count). The Balaban J connectivity index is 1.98. The van der Waals surface area contributed by atoms with Gasteiger partial charge in [0.1, 0.15) is 5.52 Å². The van der Waals surface area contributed by atoms with Crippen molar-refractivity contribution in [2.45, 2.75) is 19.9 Å². The second-order valence-corrected chi connectivity index (χ2v) is 5.73. The minimum Gasteiger partial charge on any atom is -0.478 e. The van der Waals surface area contributed by atoms with Crippen LogP contribution in [0.15, 0.2) is 30.3 Å². The second-order valence-electron chi connectivity index (χ2n) is 4.48. The molecule has 0 aliphatic heterocycles. The van der Waals surface area contributed by atoms with Gasteiger partial charge in [-0.3, -0.25) is 0 Å². The number of aromatic nitrogens is 3. The lowest BCUT2D eigenvalue weighted by Gasteiger charge is -2.00. The molecule has 0 aliphatic rings. The third-order valence-corrected chi connectivity index (χ3v) is 4.35. The van der Waals surface area contributed by atoms with E-state index in [4.69, 9.17) is 5.11 Å². The first-order valence-corrected chi connectivity index (χ1v) is 7.13. The zero-order valence-corrected chi connectivity index (χ0v) is 11.7. The maximum atomic E-state index is 11.0. The van der Waals surface area contributed by atoms with Gasteiger partial charge in [0.05, 0.1) is 17.6 Å². The molecule has 6 heteroatoms. The van der Waals surface area contributed by atoms with Gasteiger partial charge in [-0.25, -0.2) is 9.48 Å². The standard InChI is InChI=1S/C14H13N3O2S/c1-2-10-4-5-11(20-10)8-17-13-7-9(14(18)19)3-6-12(13)15-16-17/h3-7H,2,8H2,1H3,(H,18,19). The summed E-state index contributed by atoms with van der Waals surface area (Å²) in [5, 5.41) is 17.2. The molecule has 0 aliphatic carbocycles. The largest absolute Gasteiger partial charge is 0.478 e. The van der Waals surface area contributed by atoms with E-state index in [1.165, 1.54) is 9.75 Å². The number of fused-ring (bicyclic) bond motifs is 1. The Labute approximate surface area is 119 Å². The van der Waals surface area contributed by atoms with Crippen LogP contribution < -0.4 is 0 Å². The zero-order valence-electron chi connectivity index (χ0n) is 10.9. The SMILES string of the molecule is CCc1ccc(Cn2nnc3ccc(C(=O)O)cc32)s1. The first kappa shape index (κ1) is 12.8. The lowest BCUT2D eigenvalue weighted by Crippen LogP contribution is -2.01. The van der Waals surface area contributed by atoms with Crippen LogP contribution in [0.5, 0.6) is 0 Å². The van der Waals surface area contributed by atoms with E-state index in [0.29, 0.717) is 12.1 Å². The smallest absolute Gasteiger partial charge is 0.335 e. The highest BCUT2D eigenvalue weighted by Gasteiger charge is 2.10. The highest BCUT2D eigenvalue weighted by molar-refractivity contribution is 7.11. The van der Waals surface area contributed by atoms with Crippen LogP contribution in [0, 0.1) is 0 Å².